The Morgan fingerprint density at radius 1 is 1.21 bits per heavy atom. The summed E-state index contributed by atoms with van der Waals surface area (Å²) in [5, 5.41) is 10.2. The highest BCUT2D eigenvalue weighted by atomic mass is 35.5. The van der Waals surface area contributed by atoms with E-state index in [1.54, 1.807) is 28.9 Å². The lowest BCUT2D eigenvalue weighted by Crippen LogP contribution is -2.42. The normalized spacial score (nSPS) is 11.1. The number of nitrogens with one attached hydrogen (secondary N) is 2. The van der Waals surface area contributed by atoms with Crippen molar-refractivity contribution in [3.05, 3.63) is 40.3 Å². The molecule has 0 aliphatic heterocycles. The topological polar surface area (TPSA) is 88.0 Å². The number of halogens is 1. The van der Waals surface area contributed by atoms with Gasteiger partial charge in [-0.2, -0.15) is 5.10 Å². The zero-order valence-corrected chi connectivity index (χ0v) is 17.6. The highest BCUT2D eigenvalue weighted by molar-refractivity contribution is 6.29. The predicted octanol–water partition coefficient (Wildman–Crippen LogP) is 3.93. The first kappa shape index (κ1) is 19.9. The van der Waals surface area contributed by atoms with E-state index in [9.17, 15) is 4.79 Å². The zero-order valence-electron chi connectivity index (χ0n) is 16.8. The van der Waals surface area contributed by atoms with Crippen molar-refractivity contribution in [3.8, 4) is 0 Å². The quantitative estimate of drug-likeness (QED) is 0.510. The molecule has 0 fully saturated rings. The van der Waals surface area contributed by atoms with Crippen LogP contribution in [0.15, 0.2) is 18.2 Å². The van der Waals surface area contributed by atoms with Gasteiger partial charge in [0.25, 0.3) is 0 Å². The van der Waals surface area contributed by atoms with Crippen LogP contribution in [-0.4, -0.2) is 32.8 Å². The van der Waals surface area contributed by atoms with Crippen LogP contribution in [0, 0.1) is 13.8 Å². The monoisotopic (exact) mass is 401 g/mol. The lowest BCUT2D eigenvalue weighted by Gasteiger charge is -2.21. The van der Waals surface area contributed by atoms with E-state index in [-0.39, 0.29) is 5.92 Å². The number of urea groups is 1. The molecule has 0 radical (unpaired) electrons. The van der Waals surface area contributed by atoms with Crippen molar-refractivity contribution in [1.29, 1.82) is 0 Å². The van der Waals surface area contributed by atoms with E-state index < -0.39 is 6.03 Å². The number of hydrazine groups is 1. The molecule has 0 bridgehead atoms. The van der Waals surface area contributed by atoms with Gasteiger partial charge in [-0.15, -0.1) is 0 Å². The van der Waals surface area contributed by atoms with E-state index in [0.717, 1.165) is 28.0 Å². The first-order valence-electron chi connectivity index (χ1n) is 8.95. The lowest BCUT2D eigenvalue weighted by molar-refractivity contribution is 0.251. The Bertz CT molecular complexity index is 1020. The van der Waals surface area contributed by atoms with Crippen molar-refractivity contribution >= 4 is 40.2 Å². The third-order valence-electron chi connectivity index (χ3n) is 4.40. The number of aryl methyl sites for hydroxylation is 3. The molecule has 9 heteroatoms. The van der Waals surface area contributed by atoms with Gasteiger partial charge in [0.2, 0.25) is 0 Å². The summed E-state index contributed by atoms with van der Waals surface area (Å²) in [5.41, 5.74) is 6.91. The number of hydrogen-bond acceptors (Lipinski definition) is 5. The first-order valence-corrected chi connectivity index (χ1v) is 9.33. The van der Waals surface area contributed by atoms with E-state index in [1.807, 2.05) is 27.0 Å². The van der Waals surface area contributed by atoms with E-state index >= 15 is 0 Å². The Hall–Kier alpha value is -2.87. The number of pyridine rings is 2. The summed E-state index contributed by atoms with van der Waals surface area (Å²) in [7, 11) is 3.61. The van der Waals surface area contributed by atoms with Crippen LogP contribution in [-0.2, 0) is 7.05 Å². The van der Waals surface area contributed by atoms with Crippen LogP contribution in [0.5, 0.6) is 0 Å². The van der Waals surface area contributed by atoms with E-state index in [2.05, 4.69) is 39.7 Å². The van der Waals surface area contributed by atoms with Gasteiger partial charge in [-0.3, -0.25) is 9.69 Å². The van der Waals surface area contributed by atoms with Crippen LogP contribution in [0.25, 0.3) is 11.0 Å². The third-order valence-corrected chi connectivity index (χ3v) is 4.59. The zero-order chi connectivity index (χ0) is 20.6. The van der Waals surface area contributed by atoms with Gasteiger partial charge in [-0.05, 0) is 43.5 Å². The summed E-state index contributed by atoms with van der Waals surface area (Å²) in [4.78, 5) is 21.2. The number of nitrogens with zero attached hydrogens (tertiary/aromatic N) is 5. The molecule has 0 saturated carbocycles. The third kappa shape index (κ3) is 4.01. The minimum Gasteiger partial charge on any atom is -0.306 e. The van der Waals surface area contributed by atoms with Crippen LogP contribution in [0.3, 0.4) is 0 Å². The van der Waals surface area contributed by atoms with Gasteiger partial charge in [0.05, 0.1) is 5.69 Å². The highest BCUT2D eigenvalue weighted by Crippen LogP contribution is 2.29. The lowest BCUT2D eigenvalue weighted by atomic mass is 10.00. The Morgan fingerprint density at radius 3 is 2.57 bits per heavy atom. The standard InChI is InChI=1S/C19H24ClN7O/c1-10(2)14-9-16(23-18-17(14)12(4)24-27(18)6)26(5)25-19(28)22-13-7-11(3)21-15(20)8-13/h7-10H,1-6H3,(H2,21,22,25,28). The number of carbonyl (C=O) groups is 1. The fourth-order valence-corrected chi connectivity index (χ4v) is 3.41. The first-order chi connectivity index (χ1) is 13.2. The summed E-state index contributed by atoms with van der Waals surface area (Å²) in [6, 6.07) is 4.91. The molecule has 0 aliphatic rings. The number of hydrogen-bond donors (Lipinski definition) is 2. The number of anilines is 2. The summed E-state index contributed by atoms with van der Waals surface area (Å²) in [6.07, 6.45) is 0. The fraction of sp³-hybridized carbons (Fsp3) is 0.368. The minimum atomic E-state index is -0.404. The SMILES string of the molecule is Cc1cc(NC(=O)NN(C)c2cc(C(C)C)c3c(C)nn(C)c3n2)cc(Cl)n1. The average Bonchev–Trinajstić information content (AvgIpc) is 2.87. The van der Waals surface area contributed by atoms with Crippen LogP contribution >= 0.6 is 11.6 Å². The van der Waals surface area contributed by atoms with Gasteiger partial charge >= 0.3 is 6.03 Å². The summed E-state index contributed by atoms with van der Waals surface area (Å²) >= 11 is 5.94. The highest BCUT2D eigenvalue weighted by Gasteiger charge is 2.18. The second-order valence-corrected chi connectivity index (χ2v) is 7.46. The molecule has 0 aromatic carbocycles. The molecule has 2 amide bonds. The predicted molar refractivity (Wildman–Crippen MR) is 112 cm³/mol. The van der Waals surface area contributed by atoms with Gasteiger partial charge in [-0.1, -0.05) is 25.4 Å². The number of carbonyl (C=O) groups excluding carboxylic acids is 1. The number of amides is 2. The smallest absolute Gasteiger partial charge is 0.306 e. The average molecular weight is 402 g/mol. The van der Waals surface area contributed by atoms with Crippen molar-refractivity contribution in [3.63, 3.8) is 0 Å². The van der Waals surface area contributed by atoms with Gasteiger partial charge in [0.1, 0.15) is 11.0 Å². The summed E-state index contributed by atoms with van der Waals surface area (Å²) in [5.74, 6) is 0.912. The largest absolute Gasteiger partial charge is 0.338 e. The molecule has 0 aliphatic carbocycles. The van der Waals surface area contributed by atoms with E-state index in [4.69, 9.17) is 11.6 Å². The molecule has 28 heavy (non-hydrogen) atoms. The molecule has 0 saturated heterocycles. The molecule has 3 aromatic rings. The van der Waals surface area contributed by atoms with Gasteiger partial charge in [0, 0.05) is 30.9 Å². The fourth-order valence-electron chi connectivity index (χ4n) is 3.16. The molecule has 3 rings (SSSR count). The molecule has 3 aromatic heterocycles. The second kappa shape index (κ2) is 7.63. The molecule has 148 valence electrons. The van der Waals surface area contributed by atoms with Crippen LogP contribution in [0.1, 0.15) is 36.7 Å². The Balaban J connectivity index is 1.85. The number of rotatable bonds is 4. The van der Waals surface area contributed by atoms with E-state index in [1.165, 1.54) is 0 Å². The Morgan fingerprint density at radius 2 is 1.93 bits per heavy atom. The molecular formula is C19H24ClN7O. The van der Waals surface area contributed by atoms with Gasteiger partial charge in [-0.25, -0.2) is 20.2 Å². The van der Waals surface area contributed by atoms with Crippen molar-refractivity contribution in [1.82, 2.24) is 25.2 Å². The van der Waals surface area contributed by atoms with Crippen LogP contribution in [0.4, 0.5) is 16.3 Å². The van der Waals surface area contributed by atoms with Gasteiger partial charge < -0.3 is 5.32 Å². The molecule has 3 heterocycles. The van der Waals surface area contributed by atoms with Crippen molar-refractivity contribution in [2.75, 3.05) is 17.4 Å². The molecule has 0 atom stereocenters. The summed E-state index contributed by atoms with van der Waals surface area (Å²) in [6.45, 7) is 8.04. The van der Waals surface area contributed by atoms with Crippen LogP contribution < -0.4 is 15.8 Å². The number of aromatic nitrogens is 4. The maximum Gasteiger partial charge on any atom is 0.338 e. The maximum atomic E-state index is 12.4. The molecular weight excluding hydrogens is 378 g/mol. The maximum absolute atomic E-state index is 12.4. The molecule has 8 nitrogen and oxygen atoms in total. The number of fused-ring (bicyclic) bond motifs is 1. The minimum absolute atomic E-state index is 0.288. The Labute approximate surface area is 168 Å². The van der Waals surface area contributed by atoms with E-state index in [0.29, 0.717) is 16.7 Å². The summed E-state index contributed by atoms with van der Waals surface area (Å²) < 4.78 is 1.76. The van der Waals surface area contributed by atoms with Crippen molar-refractivity contribution in [2.24, 2.45) is 7.05 Å². The van der Waals surface area contributed by atoms with Crippen molar-refractivity contribution in [2.45, 2.75) is 33.6 Å². The second-order valence-electron chi connectivity index (χ2n) is 7.08. The molecule has 0 unspecified atom stereocenters. The van der Waals surface area contributed by atoms with Gasteiger partial charge in [0.15, 0.2) is 5.65 Å². The molecule has 2 N–H and O–H groups in total. The van der Waals surface area contributed by atoms with Crippen LogP contribution in [0.2, 0.25) is 5.15 Å². The van der Waals surface area contributed by atoms with Crippen molar-refractivity contribution < 1.29 is 4.79 Å². The Kier molecular flexibility index (Phi) is 5.42. The molecule has 0 spiro atoms.